The lowest BCUT2D eigenvalue weighted by atomic mass is 10.1. The monoisotopic (exact) mass is 221 g/mol. The average Bonchev–Trinajstić information content (AvgIpc) is 2.29. The Morgan fingerprint density at radius 2 is 2.12 bits per heavy atom. The molecule has 86 valence electrons. The zero-order chi connectivity index (χ0) is 12.0. The van der Waals surface area contributed by atoms with Crippen molar-refractivity contribution in [2.24, 2.45) is 0 Å². The lowest BCUT2D eigenvalue weighted by Gasteiger charge is -2.12. The fourth-order valence-electron chi connectivity index (χ4n) is 1.27. The van der Waals surface area contributed by atoms with E-state index in [0.717, 1.165) is 11.8 Å². The van der Waals surface area contributed by atoms with Crippen LogP contribution in [-0.4, -0.2) is 23.5 Å². The SMILES string of the molecule is CCOC(=O)/C=[N+](\[O-])[C@H](C)c1ccccc1. The molecule has 0 saturated carbocycles. The fourth-order valence-corrected chi connectivity index (χ4v) is 1.27. The maximum Gasteiger partial charge on any atom is 0.396 e. The molecule has 0 radical (unpaired) electrons. The summed E-state index contributed by atoms with van der Waals surface area (Å²) in [6.07, 6.45) is 0.932. The van der Waals surface area contributed by atoms with Crippen molar-refractivity contribution in [1.82, 2.24) is 0 Å². The first kappa shape index (κ1) is 12.2. The Morgan fingerprint density at radius 1 is 1.50 bits per heavy atom. The van der Waals surface area contributed by atoms with E-state index >= 15 is 0 Å². The second-order valence-corrected chi connectivity index (χ2v) is 3.33. The van der Waals surface area contributed by atoms with E-state index in [0.29, 0.717) is 4.74 Å². The molecule has 0 saturated heterocycles. The summed E-state index contributed by atoms with van der Waals surface area (Å²) in [6, 6.07) is 8.86. The summed E-state index contributed by atoms with van der Waals surface area (Å²) in [7, 11) is 0. The highest BCUT2D eigenvalue weighted by atomic mass is 16.5. The first-order chi connectivity index (χ1) is 7.65. The average molecular weight is 221 g/mol. The van der Waals surface area contributed by atoms with Crippen LogP contribution in [0.25, 0.3) is 0 Å². The molecule has 0 bridgehead atoms. The molecule has 0 aliphatic carbocycles. The van der Waals surface area contributed by atoms with Gasteiger partial charge in [0.15, 0.2) is 6.04 Å². The van der Waals surface area contributed by atoms with Crippen molar-refractivity contribution in [3.8, 4) is 0 Å². The molecule has 16 heavy (non-hydrogen) atoms. The van der Waals surface area contributed by atoms with Gasteiger partial charge in [0.25, 0.3) is 6.21 Å². The maximum absolute atomic E-state index is 11.6. The molecule has 1 atom stereocenters. The molecule has 0 aromatic heterocycles. The molecule has 0 heterocycles. The summed E-state index contributed by atoms with van der Waals surface area (Å²) in [5.41, 5.74) is 0.859. The third-order valence-corrected chi connectivity index (χ3v) is 2.18. The topological polar surface area (TPSA) is 52.4 Å². The molecule has 4 nitrogen and oxygen atoms in total. The number of esters is 1. The summed E-state index contributed by atoms with van der Waals surface area (Å²) >= 11 is 0. The third kappa shape index (κ3) is 3.38. The predicted octanol–water partition coefficient (Wildman–Crippen LogP) is 1.89. The quantitative estimate of drug-likeness (QED) is 0.256. The zero-order valence-corrected chi connectivity index (χ0v) is 9.42. The zero-order valence-electron chi connectivity index (χ0n) is 9.42. The van der Waals surface area contributed by atoms with E-state index < -0.39 is 12.0 Å². The smallest absolute Gasteiger partial charge is 0.396 e. The van der Waals surface area contributed by atoms with Gasteiger partial charge in [-0.05, 0) is 6.92 Å². The number of nitrogens with zero attached hydrogens (tertiary/aromatic N) is 1. The molecule has 0 N–H and O–H groups in total. The van der Waals surface area contributed by atoms with Crippen LogP contribution in [0.2, 0.25) is 0 Å². The highest BCUT2D eigenvalue weighted by molar-refractivity contribution is 6.20. The molecule has 0 fully saturated rings. The van der Waals surface area contributed by atoms with E-state index in [1.165, 1.54) is 0 Å². The minimum atomic E-state index is -0.611. The van der Waals surface area contributed by atoms with Gasteiger partial charge >= 0.3 is 5.97 Å². The van der Waals surface area contributed by atoms with Crippen molar-refractivity contribution in [3.63, 3.8) is 0 Å². The van der Waals surface area contributed by atoms with Crippen LogP contribution in [-0.2, 0) is 9.53 Å². The van der Waals surface area contributed by atoms with Gasteiger partial charge in [-0.3, -0.25) is 0 Å². The second kappa shape index (κ2) is 5.90. The Labute approximate surface area is 94.7 Å². The molecule has 1 rings (SSSR count). The van der Waals surface area contributed by atoms with E-state index in [1.807, 2.05) is 30.3 Å². The highest BCUT2D eigenvalue weighted by Gasteiger charge is 2.13. The van der Waals surface area contributed by atoms with Crippen molar-refractivity contribution >= 4 is 12.2 Å². The lowest BCUT2D eigenvalue weighted by Crippen LogP contribution is -2.17. The first-order valence-electron chi connectivity index (χ1n) is 5.17. The Bertz CT molecular complexity index is 373. The standard InChI is InChI=1S/C12H15NO3/c1-3-16-12(14)9-13(15)10(2)11-7-5-4-6-8-11/h4-10H,3H2,1-2H3/b13-9-/t10-/m1/s1. The van der Waals surface area contributed by atoms with Crippen molar-refractivity contribution in [2.75, 3.05) is 6.61 Å². The number of hydrogen-bond acceptors (Lipinski definition) is 3. The molecule has 1 aromatic carbocycles. The highest BCUT2D eigenvalue weighted by Crippen LogP contribution is 2.14. The molecular formula is C12H15NO3. The van der Waals surface area contributed by atoms with Gasteiger partial charge in [0.05, 0.1) is 6.61 Å². The third-order valence-electron chi connectivity index (χ3n) is 2.18. The first-order valence-corrected chi connectivity index (χ1v) is 5.17. The Morgan fingerprint density at radius 3 is 2.69 bits per heavy atom. The number of hydrogen-bond donors (Lipinski definition) is 0. The van der Waals surface area contributed by atoms with E-state index in [-0.39, 0.29) is 6.61 Å². The summed E-state index contributed by atoms with van der Waals surface area (Å²) in [5, 5.41) is 11.6. The maximum atomic E-state index is 11.6. The van der Waals surface area contributed by atoms with Gasteiger partial charge < -0.3 is 9.94 Å². The van der Waals surface area contributed by atoms with Gasteiger partial charge in [0.2, 0.25) is 0 Å². The summed E-state index contributed by atoms with van der Waals surface area (Å²) < 4.78 is 5.27. The molecule has 0 aliphatic heterocycles. The van der Waals surface area contributed by atoms with Crippen molar-refractivity contribution in [1.29, 1.82) is 0 Å². The van der Waals surface area contributed by atoms with E-state index in [1.54, 1.807) is 13.8 Å². The number of ether oxygens (including phenoxy) is 1. The summed E-state index contributed by atoms with van der Waals surface area (Å²) in [4.78, 5) is 11.1. The molecule has 0 amide bonds. The van der Waals surface area contributed by atoms with E-state index in [9.17, 15) is 10.0 Å². The minimum absolute atomic E-state index is 0.267. The predicted molar refractivity (Wildman–Crippen MR) is 61.2 cm³/mol. The number of carbonyl (C=O) groups is 1. The van der Waals surface area contributed by atoms with Crippen molar-refractivity contribution in [2.45, 2.75) is 19.9 Å². The molecular weight excluding hydrogens is 206 g/mol. The number of hydroxylamine groups is 1. The fraction of sp³-hybridized carbons (Fsp3) is 0.333. The van der Waals surface area contributed by atoms with Gasteiger partial charge in [-0.25, -0.2) is 4.79 Å². The van der Waals surface area contributed by atoms with Crippen LogP contribution in [0.3, 0.4) is 0 Å². The Hall–Kier alpha value is -1.84. The summed E-state index contributed by atoms with van der Waals surface area (Å²) in [5.74, 6) is -0.611. The lowest BCUT2D eigenvalue weighted by molar-refractivity contribution is -0.498. The van der Waals surface area contributed by atoms with Gasteiger partial charge in [0.1, 0.15) is 0 Å². The molecule has 0 spiro atoms. The Balaban J connectivity index is 2.74. The molecule has 0 aliphatic rings. The van der Waals surface area contributed by atoms with E-state index in [4.69, 9.17) is 0 Å². The van der Waals surface area contributed by atoms with Gasteiger partial charge in [0, 0.05) is 12.5 Å². The largest absolute Gasteiger partial charge is 0.623 e. The van der Waals surface area contributed by atoms with Crippen molar-refractivity contribution in [3.05, 3.63) is 41.1 Å². The van der Waals surface area contributed by atoms with Gasteiger partial charge in [-0.2, -0.15) is 4.74 Å². The van der Waals surface area contributed by atoms with E-state index in [2.05, 4.69) is 4.74 Å². The van der Waals surface area contributed by atoms with Crippen molar-refractivity contribution < 1.29 is 14.3 Å². The van der Waals surface area contributed by atoms with Crippen LogP contribution >= 0.6 is 0 Å². The number of rotatable bonds is 4. The Kier molecular flexibility index (Phi) is 4.51. The van der Waals surface area contributed by atoms with Crippen LogP contribution in [0.5, 0.6) is 0 Å². The molecule has 0 unspecified atom stereocenters. The molecule has 1 aromatic rings. The van der Waals surface area contributed by atoms with Crippen LogP contribution in [0.4, 0.5) is 0 Å². The summed E-state index contributed by atoms with van der Waals surface area (Å²) in [6.45, 7) is 3.70. The van der Waals surface area contributed by atoms with Gasteiger partial charge in [-0.1, -0.05) is 30.3 Å². The van der Waals surface area contributed by atoms with Gasteiger partial charge in [-0.15, -0.1) is 0 Å². The minimum Gasteiger partial charge on any atom is -0.623 e. The van der Waals surface area contributed by atoms with Crippen LogP contribution in [0.1, 0.15) is 25.5 Å². The number of benzene rings is 1. The second-order valence-electron chi connectivity index (χ2n) is 3.33. The normalized spacial score (nSPS) is 13.2. The van der Waals surface area contributed by atoms with Crippen LogP contribution in [0.15, 0.2) is 30.3 Å². The number of carbonyl (C=O) groups excluding carboxylic acids is 1. The van der Waals surface area contributed by atoms with Crippen LogP contribution in [0, 0.1) is 5.21 Å². The van der Waals surface area contributed by atoms with Crippen LogP contribution < -0.4 is 0 Å². The molecule has 4 heteroatoms.